The fourth-order valence-electron chi connectivity index (χ4n) is 1.92. The summed E-state index contributed by atoms with van der Waals surface area (Å²) in [5, 5.41) is 3.27. The Labute approximate surface area is 102 Å². The van der Waals surface area contributed by atoms with Gasteiger partial charge in [0.05, 0.1) is 13.7 Å². The molecule has 0 radical (unpaired) electrons. The minimum absolute atomic E-state index is 0.262. The molecule has 0 spiro atoms. The SMILES string of the molecule is CCOc1cc(OC2CCNC2)ccc1OC. The van der Waals surface area contributed by atoms with E-state index in [1.807, 2.05) is 25.1 Å². The zero-order valence-electron chi connectivity index (χ0n) is 10.4. The van der Waals surface area contributed by atoms with Crippen LogP contribution in [0.4, 0.5) is 0 Å². The number of hydrogen-bond acceptors (Lipinski definition) is 4. The first-order chi connectivity index (χ1) is 8.33. The second kappa shape index (κ2) is 5.77. The summed E-state index contributed by atoms with van der Waals surface area (Å²) in [6, 6.07) is 5.68. The Hall–Kier alpha value is -1.42. The van der Waals surface area contributed by atoms with Gasteiger partial charge in [0.25, 0.3) is 0 Å². The molecule has 1 aromatic rings. The van der Waals surface area contributed by atoms with Crippen molar-refractivity contribution in [3.05, 3.63) is 18.2 Å². The Kier molecular flexibility index (Phi) is 4.09. The Bertz CT molecular complexity index is 362. The molecule has 1 saturated heterocycles. The van der Waals surface area contributed by atoms with Crippen molar-refractivity contribution in [2.45, 2.75) is 19.4 Å². The fraction of sp³-hybridized carbons (Fsp3) is 0.538. The van der Waals surface area contributed by atoms with Crippen LogP contribution < -0.4 is 19.5 Å². The molecule has 17 heavy (non-hydrogen) atoms. The largest absolute Gasteiger partial charge is 0.493 e. The van der Waals surface area contributed by atoms with Crippen LogP contribution in [0, 0.1) is 0 Å². The van der Waals surface area contributed by atoms with E-state index in [0.717, 1.165) is 36.8 Å². The molecule has 1 fully saturated rings. The van der Waals surface area contributed by atoms with Crippen molar-refractivity contribution in [1.82, 2.24) is 5.32 Å². The van der Waals surface area contributed by atoms with Crippen LogP contribution in [0.15, 0.2) is 18.2 Å². The first-order valence-electron chi connectivity index (χ1n) is 6.01. The summed E-state index contributed by atoms with van der Waals surface area (Å²) < 4.78 is 16.6. The number of hydrogen-bond donors (Lipinski definition) is 1. The smallest absolute Gasteiger partial charge is 0.164 e. The van der Waals surface area contributed by atoms with E-state index in [-0.39, 0.29) is 6.10 Å². The average molecular weight is 237 g/mol. The lowest BCUT2D eigenvalue weighted by atomic mass is 10.2. The van der Waals surface area contributed by atoms with Crippen molar-refractivity contribution in [3.63, 3.8) is 0 Å². The first kappa shape index (κ1) is 12.0. The topological polar surface area (TPSA) is 39.7 Å². The van der Waals surface area contributed by atoms with Crippen LogP contribution in [0.2, 0.25) is 0 Å². The summed E-state index contributed by atoms with van der Waals surface area (Å²) in [5.74, 6) is 2.31. The standard InChI is InChI=1S/C13H19NO3/c1-3-16-13-8-10(4-5-12(13)15-2)17-11-6-7-14-9-11/h4-5,8,11,14H,3,6-7,9H2,1-2H3. The van der Waals surface area contributed by atoms with Crippen molar-refractivity contribution < 1.29 is 14.2 Å². The van der Waals surface area contributed by atoms with E-state index in [9.17, 15) is 0 Å². The summed E-state index contributed by atoms with van der Waals surface area (Å²) in [6.45, 7) is 4.51. The zero-order chi connectivity index (χ0) is 12.1. The molecule has 0 saturated carbocycles. The number of nitrogens with one attached hydrogen (secondary N) is 1. The van der Waals surface area contributed by atoms with E-state index in [2.05, 4.69) is 5.32 Å². The molecule has 94 valence electrons. The monoisotopic (exact) mass is 237 g/mol. The normalized spacial score (nSPS) is 19.1. The lowest BCUT2D eigenvalue weighted by molar-refractivity contribution is 0.220. The van der Waals surface area contributed by atoms with E-state index < -0.39 is 0 Å². The predicted octanol–water partition coefficient (Wildman–Crippen LogP) is 1.83. The summed E-state index contributed by atoms with van der Waals surface area (Å²) in [5.41, 5.74) is 0. The van der Waals surface area contributed by atoms with Gasteiger partial charge in [-0.25, -0.2) is 0 Å². The van der Waals surface area contributed by atoms with Crippen LogP contribution >= 0.6 is 0 Å². The minimum Gasteiger partial charge on any atom is -0.493 e. The average Bonchev–Trinajstić information content (AvgIpc) is 2.83. The first-order valence-corrected chi connectivity index (χ1v) is 6.01. The maximum absolute atomic E-state index is 5.86. The summed E-state index contributed by atoms with van der Waals surface area (Å²) in [6.07, 6.45) is 1.31. The van der Waals surface area contributed by atoms with E-state index >= 15 is 0 Å². The molecule has 1 aromatic carbocycles. The van der Waals surface area contributed by atoms with Gasteiger partial charge in [-0.1, -0.05) is 0 Å². The highest BCUT2D eigenvalue weighted by molar-refractivity contribution is 5.45. The molecule has 2 rings (SSSR count). The van der Waals surface area contributed by atoms with E-state index in [1.165, 1.54) is 0 Å². The maximum atomic E-state index is 5.86. The van der Waals surface area contributed by atoms with Crippen LogP contribution in [-0.4, -0.2) is 32.9 Å². The Morgan fingerprint density at radius 3 is 2.88 bits per heavy atom. The molecule has 1 aliphatic rings. The van der Waals surface area contributed by atoms with Gasteiger partial charge in [0, 0.05) is 12.6 Å². The summed E-state index contributed by atoms with van der Waals surface area (Å²) in [4.78, 5) is 0. The molecule has 4 heteroatoms. The van der Waals surface area contributed by atoms with Crippen LogP contribution in [0.1, 0.15) is 13.3 Å². The van der Waals surface area contributed by atoms with Gasteiger partial charge in [-0.15, -0.1) is 0 Å². The molecule has 0 aliphatic carbocycles. The molecule has 0 bridgehead atoms. The number of benzene rings is 1. The molecule has 1 heterocycles. The Balaban J connectivity index is 2.08. The molecule has 1 atom stereocenters. The maximum Gasteiger partial charge on any atom is 0.164 e. The quantitative estimate of drug-likeness (QED) is 0.848. The van der Waals surface area contributed by atoms with Gasteiger partial charge in [-0.2, -0.15) is 0 Å². The summed E-state index contributed by atoms with van der Waals surface area (Å²) in [7, 11) is 1.64. The molecular formula is C13H19NO3. The Morgan fingerprint density at radius 1 is 1.35 bits per heavy atom. The Morgan fingerprint density at radius 2 is 2.24 bits per heavy atom. The highest BCUT2D eigenvalue weighted by Gasteiger charge is 2.16. The van der Waals surface area contributed by atoms with Crippen LogP contribution in [0.3, 0.4) is 0 Å². The van der Waals surface area contributed by atoms with Crippen molar-refractivity contribution in [2.75, 3.05) is 26.8 Å². The number of ether oxygens (including phenoxy) is 3. The van der Waals surface area contributed by atoms with E-state index in [0.29, 0.717) is 6.61 Å². The molecule has 0 amide bonds. The second-order valence-corrected chi connectivity index (χ2v) is 3.98. The van der Waals surface area contributed by atoms with Crippen molar-refractivity contribution >= 4 is 0 Å². The number of methoxy groups -OCH3 is 1. The third-order valence-electron chi connectivity index (χ3n) is 2.75. The van der Waals surface area contributed by atoms with Gasteiger partial charge < -0.3 is 19.5 Å². The van der Waals surface area contributed by atoms with Crippen LogP contribution in [-0.2, 0) is 0 Å². The third-order valence-corrected chi connectivity index (χ3v) is 2.75. The number of rotatable bonds is 5. The predicted molar refractivity (Wildman–Crippen MR) is 66.1 cm³/mol. The summed E-state index contributed by atoms with van der Waals surface area (Å²) >= 11 is 0. The van der Waals surface area contributed by atoms with Crippen molar-refractivity contribution in [3.8, 4) is 17.2 Å². The molecule has 0 aromatic heterocycles. The highest BCUT2D eigenvalue weighted by atomic mass is 16.5. The highest BCUT2D eigenvalue weighted by Crippen LogP contribution is 2.31. The van der Waals surface area contributed by atoms with Crippen LogP contribution in [0.25, 0.3) is 0 Å². The van der Waals surface area contributed by atoms with Crippen LogP contribution in [0.5, 0.6) is 17.2 Å². The molecule has 1 aliphatic heterocycles. The van der Waals surface area contributed by atoms with E-state index in [1.54, 1.807) is 7.11 Å². The van der Waals surface area contributed by atoms with Gasteiger partial charge >= 0.3 is 0 Å². The fourth-order valence-corrected chi connectivity index (χ4v) is 1.92. The van der Waals surface area contributed by atoms with Gasteiger partial charge in [-0.3, -0.25) is 0 Å². The zero-order valence-corrected chi connectivity index (χ0v) is 10.4. The van der Waals surface area contributed by atoms with Gasteiger partial charge in [0.1, 0.15) is 11.9 Å². The van der Waals surface area contributed by atoms with Gasteiger partial charge in [0.2, 0.25) is 0 Å². The van der Waals surface area contributed by atoms with Crippen molar-refractivity contribution in [2.24, 2.45) is 0 Å². The molecule has 1 N–H and O–H groups in total. The lowest BCUT2D eigenvalue weighted by Crippen LogP contribution is -2.19. The molecule has 1 unspecified atom stereocenters. The molecular weight excluding hydrogens is 218 g/mol. The minimum atomic E-state index is 0.262. The van der Waals surface area contributed by atoms with E-state index in [4.69, 9.17) is 14.2 Å². The lowest BCUT2D eigenvalue weighted by Gasteiger charge is -2.15. The second-order valence-electron chi connectivity index (χ2n) is 3.98. The van der Waals surface area contributed by atoms with Crippen molar-refractivity contribution in [1.29, 1.82) is 0 Å². The van der Waals surface area contributed by atoms with Gasteiger partial charge in [0.15, 0.2) is 11.5 Å². The van der Waals surface area contributed by atoms with Gasteiger partial charge in [-0.05, 0) is 32.0 Å². The molecule has 4 nitrogen and oxygen atoms in total. The third kappa shape index (κ3) is 3.03.